The van der Waals surface area contributed by atoms with Crippen LogP contribution >= 0.6 is 0 Å². The van der Waals surface area contributed by atoms with Gasteiger partial charge in [-0.2, -0.15) is 0 Å². The maximum absolute atomic E-state index is 12.8. The summed E-state index contributed by atoms with van der Waals surface area (Å²) in [6.07, 6.45) is 1.66. The Kier molecular flexibility index (Phi) is 7.57. The van der Waals surface area contributed by atoms with Crippen LogP contribution in [0.3, 0.4) is 0 Å². The molecule has 4 nitrogen and oxygen atoms in total. The highest BCUT2D eigenvalue weighted by Crippen LogP contribution is 2.39. The molecule has 0 saturated carbocycles. The summed E-state index contributed by atoms with van der Waals surface area (Å²) < 4.78 is 11.3. The summed E-state index contributed by atoms with van der Waals surface area (Å²) in [4.78, 5) is 12.8. The quantitative estimate of drug-likeness (QED) is 0.482. The second-order valence-corrected chi connectivity index (χ2v) is 8.27. The minimum Gasteiger partial charge on any atom is -0.496 e. The monoisotopic (exact) mass is 431 g/mol. The van der Waals surface area contributed by atoms with Gasteiger partial charge in [0.2, 0.25) is 0 Å². The lowest BCUT2D eigenvalue weighted by Gasteiger charge is -2.18. The summed E-state index contributed by atoms with van der Waals surface area (Å²) >= 11 is 0. The van der Waals surface area contributed by atoms with E-state index in [0.29, 0.717) is 0 Å². The van der Waals surface area contributed by atoms with Crippen LogP contribution in [0.25, 0.3) is 11.1 Å². The van der Waals surface area contributed by atoms with E-state index in [0.717, 1.165) is 57.7 Å². The van der Waals surface area contributed by atoms with Crippen molar-refractivity contribution in [2.45, 2.75) is 46.6 Å². The van der Waals surface area contributed by atoms with E-state index in [1.807, 2.05) is 39.0 Å². The fourth-order valence-corrected chi connectivity index (χ4v) is 4.14. The van der Waals surface area contributed by atoms with Gasteiger partial charge < -0.3 is 14.8 Å². The number of methoxy groups -OCH3 is 2. The highest BCUT2D eigenvalue weighted by molar-refractivity contribution is 5.97. The van der Waals surface area contributed by atoms with Crippen molar-refractivity contribution in [1.82, 2.24) is 5.32 Å². The zero-order valence-corrected chi connectivity index (χ0v) is 19.9. The number of hydrogen-bond acceptors (Lipinski definition) is 3. The van der Waals surface area contributed by atoms with E-state index in [1.54, 1.807) is 14.2 Å². The first-order chi connectivity index (χ1) is 15.4. The van der Waals surface area contributed by atoms with E-state index in [4.69, 9.17) is 9.47 Å². The van der Waals surface area contributed by atoms with Gasteiger partial charge in [-0.1, -0.05) is 49.4 Å². The largest absolute Gasteiger partial charge is 0.496 e. The molecular formula is C28H33NO3. The zero-order chi connectivity index (χ0) is 23.3. The average Bonchev–Trinajstić information content (AvgIpc) is 2.78. The number of carbonyl (C=O) groups excluding carboxylic acids is 1. The topological polar surface area (TPSA) is 47.6 Å². The van der Waals surface area contributed by atoms with E-state index < -0.39 is 0 Å². The van der Waals surface area contributed by atoms with Crippen molar-refractivity contribution in [1.29, 1.82) is 0 Å². The van der Waals surface area contributed by atoms with Crippen LogP contribution in [0.1, 0.15) is 46.5 Å². The van der Waals surface area contributed by atoms with Crippen molar-refractivity contribution < 1.29 is 14.3 Å². The van der Waals surface area contributed by atoms with Crippen LogP contribution < -0.4 is 14.8 Å². The lowest BCUT2D eigenvalue weighted by atomic mass is 9.97. The third kappa shape index (κ3) is 5.13. The Bertz CT molecular complexity index is 1040. The molecule has 3 aromatic rings. The predicted molar refractivity (Wildman–Crippen MR) is 131 cm³/mol. The molecule has 1 unspecified atom stereocenters. The van der Waals surface area contributed by atoms with Crippen LogP contribution in [0, 0.1) is 13.8 Å². The molecule has 1 atom stereocenters. The minimum atomic E-state index is -0.0183. The number of aryl methyl sites for hydroxylation is 3. The van der Waals surface area contributed by atoms with Gasteiger partial charge in [-0.15, -0.1) is 0 Å². The molecule has 0 bridgehead atoms. The van der Waals surface area contributed by atoms with Gasteiger partial charge in [0.05, 0.1) is 19.8 Å². The maximum atomic E-state index is 12.8. The highest BCUT2D eigenvalue weighted by atomic mass is 16.5. The second-order valence-electron chi connectivity index (χ2n) is 8.27. The van der Waals surface area contributed by atoms with Crippen molar-refractivity contribution in [3.8, 4) is 22.6 Å². The van der Waals surface area contributed by atoms with Gasteiger partial charge in [-0.3, -0.25) is 4.79 Å². The third-order valence-corrected chi connectivity index (χ3v) is 5.84. The van der Waals surface area contributed by atoms with Crippen molar-refractivity contribution in [2.75, 3.05) is 14.2 Å². The van der Waals surface area contributed by atoms with Gasteiger partial charge >= 0.3 is 0 Å². The molecule has 0 aromatic heterocycles. The molecule has 0 spiro atoms. The van der Waals surface area contributed by atoms with Crippen LogP contribution in [0.2, 0.25) is 0 Å². The van der Waals surface area contributed by atoms with Gasteiger partial charge in [0, 0.05) is 11.6 Å². The molecule has 3 rings (SSSR count). The van der Waals surface area contributed by atoms with E-state index in [2.05, 4.69) is 48.6 Å². The number of nitrogens with one attached hydrogen (secondary N) is 1. The number of carbonyl (C=O) groups is 1. The molecule has 4 heteroatoms. The first kappa shape index (κ1) is 23.4. The molecule has 1 amide bonds. The smallest absolute Gasteiger partial charge is 0.252 e. The molecule has 0 heterocycles. The highest BCUT2D eigenvalue weighted by Gasteiger charge is 2.16. The SMILES string of the molecule is CCc1cc(OC)c(-c2ccc(CC(C)NC(=O)c3c(C)cccc3C)cc2)c(OC)c1. The first-order valence-corrected chi connectivity index (χ1v) is 11.1. The summed E-state index contributed by atoms with van der Waals surface area (Å²) in [7, 11) is 3.37. The Morgan fingerprint density at radius 3 is 1.97 bits per heavy atom. The van der Waals surface area contributed by atoms with Crippen LogP contribution in [0.15, 0.2) is 54.6 Å². The van der Waals surface area contributed by atoms with Crippen molar-refractivity contribution >= 4 is 5.91 Å². The number of ether oxygens (including phenoxy) is 2. The first-order valence-electron chi connectivity index (χ1n) is 11.1. The molecule has 0 radical (unpaired) electrons. The normalized spacial score (nSPS) is 11.7. The number of amides is 1. The molecule has 1 N–H and O–H groups in total. The molecule has 3 aromatic carbocycles. The molecular weight excluding hydrogens is 398 g/mol. The van der Waals surface area contributed by atoms with Gasteiger partial charge in [-0.05, 0) is 73.6 Å². The fraction of sp³-hybridized carbons (Fsp3) is 0.321. The summed E-state index contributed by atoms with van der Waals surface area (Å²) in [5, 5.41) is 3.14. The lowest BCUT2D eigenvalue weighted by Crippen LogP contribution is -2.34. The van der Waals surface area contributed by atoms with Crippen LogP contribution in [0.4, 0.5) is 0 Å². The van der Waals surface area contributed by atoms with Crippen molar-refractivity contribution in [2.24, 2.45) is 0 Å². The molecule has 168 valence electrons. The number of benzene rings is 3. The standard InChI is InChI=1S/C28H33NO3/c1-7-21-16-24(31-5)27(25(17-21)32-6)23-13-11-22(12-14-23)15-20(4)29-28(30)26-18(2)9-8-10-19(26)3/h8-14,16-17,20H,7,15H2,1-6H3,(H,29,30). The molecule has 0 aliphatic carbocycles. The molecule has 32 heavy (non-hydrogen) atoms. The van der Waals surface area contributed by atoms with Gasteiger partial charge in [0.1, 0.15) is 11.5 Å². The summed E-state index contributed by atoms with van der Waals surface area (Å²) in [5.41, 5.74) is 7.09. The Morgan fingerprint density at radius 1 is 0.906 bits per heavy atom. The molecule has 0 saturated heterocycles. The minimum absolute atomic E-state index is 0.0141. The Morgan fingerprint density at radius 2 is 1.47 bits per heavy atom. The summed E-state index contributed by atoms with van der Waals surface area (Å²) in [6.45, 7) is 8.10. The maximum Gasteiger partial charge on any atom is 0.252 e. The number of rotatable bonds is 8. The van der Waals surface area contributed by atoms with Gasteiger partial charge in [0.25, 0.3) is 5.91 Å². The van der Waals surface area contributed by atoms with E-state index in [-0.39, 0.29) is 11.9 Å². The summed E-state index contributed by atoms with van der Waals surface area (Å²) in [6, 6.07) is 18.4. The Balaban J connectivity index is 1.76. The van der Waals surface area contributed by atoms with Crippen LogP contribution in [-0.4, -0.2) is 26.2 Å². The third-order valence-electron chi connectivity index (χ3n) is 5.84. The van der Waals surface area contributed by atoms with Crippen molar-refractivity contribution in [3.05, 3.63) is 82.4 Å². The Hall–Kier alpha value is -3.27. The van der Waals surface area contributed by atoms with Gasteiger partial charge in [0.15, 0.2) is 0 Å². The number of hydrogen-bond donors (Lipinski definition) is 1. The average molecular weight is 432 g/mol. The van der Waals surface area contributed by atoms with E-state index in [1.165, 1.54) is 5.56 Å². The van der Waals surface area contributed by atoms with Gasteiger partial charge in [-0.25, -0.2) is 0 Å². The van der Waals surface area contributed by atoms with E-state index in [9.17, 15) is 4.79 Å². The zero-order valence-electron chi connectivity index (χ0n) is 19.9. The second kappa shape index (κ2) is 10.4. The van der Waals surface area contributed by atoms with Crippen molar-refractivity contribution in [3.63, 3.8) is 0 Å². The molecule has 0 aliphatic rings. The molecule has 0 aliphatic heterocycles. The fourth-order valence-electron chi connectivity index (χ4n) is 4.14. The van der Waals surface area contributed by atoms with E-state index >= 15 is 0 Å². The molecule has 0 fully saturated rings. The summed E-state index contributed by atoms with van der Waals surface area (Å²) in [5.74, 6) is 1.60. The van der Waals surface area contributed by atoms with Crippen LogP contribution in [-0.2, 0) is 12.8 Å². The lowest BCUT2D eigenvalue weighted by molar-refractivity contribution is 0.0939. The van der Waals surface area contributed by atoms with Crippen LogP contribution in [0.5, 0.6) is 11.5 Å². The predicted octanol–water partition coefficient (Wildman–Crippen LogP) is 5.91. The Labute approximate surface area is 191 Å².